The van der Waals surface area contributed by atoms with Crippen molar-refractivity contribution in [3.05, 3.63) is 35.9 Å². The smallest absolute Gasteiger partial charge is 0.244 e. The van der Waals surface area contributed by atoms with Crippen LogP contribution in [0.1, 0.15) is 18.9 Å². The first-order chi connectivity index (χ1) is 9.52. The number of aliphatic hydroxyl groups is 1. The molecule has 20 heavy (non-hydrogen) atoms. The van der Waals surface area contributed by atoms with Gasteiger partial charge in [0.1, 0.15) is 0 Å². The lowest BCUT2D eigenvalue weighted by molar-refractivity contribution is -0.116. The van der Waals surface area contributed by atoms with Gasteiger partial charge in [-0.05, 0) is 36.1 Å². The van der Waals surface area contributed by atoms with E-state index in [-0.39, 0.29) is 18.4 Å². The third-order valence-corrected chi connectivity index (χ3v) is 3.08. The van der Waals surface area contributed by atoms with E-state index in [1.54, 1.807) is 6.08 Å². The number of carbonyl (C=O) groups excluding carboxylic acids is 1. The van der Waals surface area contributed by atoms with Gasteiger partial charge in [0.15, 0.2) is 0 Å². The maximum absolute atomic E-state index is 11.6. The van der Waals surface area contributed by atoms with Crippen LogP contribution in [0, 0.1) is 5.92 Å². The molecule has 4 nitrogen and oxygen atoms in total. The highest BCUT2D eigenvalue weighted by Gasteiger charge is 2.02. The summed E-state index contributed by atoms with van der Waals surface area (Å²) in [6.07, 6.45) is 4.04. The van der Waals surface area contributed by atoms with Crippen LogP contribution < -0.4 is 10.2 Å². The fourth-order valence-electron chi connectivity index (χ4n) is 1.71. The molecule has 1 aromatic rings. The van der Waals surface area contributed by atoms with E-state index < -0.39 is 0 Å². The maximum Gasteiger partial charge on any atom is 0.244 e. The minimum absolute atomic E-state index is 0.105. The summed E-state index contributed by atoms with van der Waals surface area (Å²) in [6.45, 7) is 2.74. The van der Waals surface area contributed by atoms with Crippen molar-refractivity contribution in [2.75, 3.05) is 32.1 Å². The van der Waals surface area contributed by atoms with Crippen molar-refractivity contribution in [1.29, 1.82) is 0 Å². The maximum atomic E-state index is 11.6. The average molecular weight is 276 g/mol. The van der Waals surface area contributed by atoms with Gasteiger partial charge in [0, 0.05) is 39.0 Å². The molecule has 0 saturated heterocycles. The van der Waals surface area contributed by atoms with Crippen molar-refractivity contribution in [3.63, 3.8) is 0 Å². The minimum atomic E-state index is -0.105. The molecule has 0 spiro atoms. The minimum Gasteiger partial charge on any atom is -0.396 e. The SMILES string of the molecule is CC(CCO)CNC(=O)C=Cc1ccc(N(C)C)cc1. The van der Waals surface area contributed by atoms with Crippen LogP contribution in [0.3, 0.4) is 0 Å². The van der Waals surface area contributed by atoms with Gasteiger partial charge in [-0.2, -0.15) is 0 Å². The molecular weight excluding hydrogens is 252 g/mol. The van der Waals surface area contributed by atoms with E-state index in [1.807, 2.05) is 50.2 Å². The first-order valence-electron chi connectivity index (χ1n) is 6.87. The molecule has 0 aliphatic carbocycles. The van der Waals surface area contributed by atoms with E-state index in [0.717, 1.165) is 11.3 Å². The highest BCUT2D eigenvalue weighted by molar-refractivity contribution is 5.91. The molecule has 110 valence electrons. The molecule has 0 saturated carbocycles. The van der Waals surface area contributed by atoms with Crippen molar-refractivity contribution in [2.24, 2.45) is 5.92 Å². The molecule has 1 unspecified atom stereocenters. The van der Waals surface area contributed by atoms with Gasteiger partial charge in [-0.15, -0.1) is 0 Å². The third-order valence-electron chi connectivity index (χ3n) is 3.08. The number of amides is 1. The van der Waals surface area contributed by atoms with Gasteiger partial charge in [-0.25, -0.2) is 0 Å². The van der Waals surface area contributed by atoms with Gasteiger partial charge in [0.25, 0.3) is 0 Å². The second-order valence-corrected chi connectivity index (χ2v) is 5.18. The molecule has 0 heterocycles. The van der Waals surface area contributed by atoms with Gasteiger partial charge < -0.3 is 15.3 Å². The van der Waals surface area contributed by atoms with Crippen molar-refractivity contribution < 1.29 is 9.90 Å². The Bertz CT molecular complexity index is 438. The number of anilines is 1. The van der Waals surface area contributed by atoms with Crippen molar-refractivity contribution >= 4 is 17.7 Å². The number of hydrogen-bond acceptors (Lipinski definition) is 3. The number of benzene rings is 1. The lowest BCUT2D eigenvalue weighted by Crippen LogP contribution is -2.26. The number of aliphatic hydroxyl groups excluding tert-OH is 1. The molecule has 0 bridgehead atoms. The van der Waals surface area contributed by atoms with E-state index in [9.17, 15) is 4.79 Å². The van der Waals surface area contributed by atoms with Crippen LogP contribution in [0.5, 0.6) is 0 Å². The summed E-state index contributed by atoms with van der Waals surface area (Å²) in [5.74, 6) is 0.184. The Kier molecular flexibility index (Phi) is 6.81. The third kappa shape index (κ3) is 5.89. The first-order valence-corrected chi connectivity index (χ1v) is 6.87. The zero-order valence-corrected chi connectivity index (χ0v) is 12.5. The second-order valence-electron chi connectivity index (χ2n) is 5.18. The average Bonchev–Trinajstić information content (AvgIpc) is 2.43. The lowest BCUT2D eigenvalue weighted by Gasteiger charge is -2.11. The van der Waals surface area contributed by atoms with Crippen molar-refractivity contribution in [3.8, 4) is 0 Å². The number of rotatable bonds is 7. The van der Waals surface area contributed by atoms with Crippen LogP contribution in [0.4, 0.5) is 5.69 Å². The molecule has 1 amide bonds. The summed E-state index contributed by atoms with van der Waals surface area (Å²) < 4.78 is 0. The standard InChI is InChI=1S/C16H24N2O2/c1-13(10-11-19)12-17-16(20)9-6-14-4-7-15(8-5-14)18(2)3/h4-9,13,19H,10-12H2,1-3H3,(H,17,20). The Morgan fingerprint density at radius 1 is 1.35 bits per heavy atom. The number of nitrogens with zero attached hydrogens (tertiary/aromatic N) is 1. The van der Waals surface area contributed by atoms with E-state index in [0.29, 0.717) is 13.0 Å². The van der Waals surface area contributed by atoms with Crippen molar-refractivity contribution in [1.82, 2.24) is 5.32 Å². The summed E-state index contributed by atoms with van der Waals surface area (Å²) in [5.41, 5.74) is 2.12. The van der Waals surface area contributed by atoms with Crippen LogP contribution in [0.15, 0.2) is 30.3 Å². The van der Waals surface area contributed by atoms with Crippen LogP contribution in [0.25, 0.3) is 6.08 Å². The largest absolute Gasteiger partial charge is 0.396 e. The van der Waals surface area contributed by atoms with Gasteiger partial charge in [-0.3, -0.25) is 4.79 Å². The zero-order chi connectivity index (χ0) is 15.0. The number of carbonyl (C=O) groups is 1. The van der Waals surface area contributed by atoms with Crippen LogP contribution in [-0.2, 0) is 4.79 Å². The monoisotopic (exact) mass is 276 g/mol. The quantitative estimate of drug-likeness (QED) is 0.748. The predicted molar refractivity (Wildman–Crippen MR) is 83.7 cm³/mol. The highest BCUT2D eigenvalue weighted by Crippen LogP contribution is 2.13. The number of nitrogens with one attached hydrogen (secondary N) is 1. The van der Waals surface area contributed by atoms with E-state index >= 15 is 0 Å². The molecule has 2 N–H and O–H groups in total. The lowest BCUT2D eigenvalue weighted by atomic mass is 10.1. The first kappa shape index (κ1) is 16.2. The van der Waals surface area contributed by atoms with E-state index in [2.05, 4.69) is 5.32 Å². The van der Waals surface area contributed by atoms with Crippen LogP contribution in [-0.4, -0.2) is 38.3 Å². The predicted octanol–water partition coefficient (Wildman–Crippen LogP) is 1.90. The Balaban J connectivity index is 2.44. The normalized spacial score (nSPS) is 12.4. The Labute approximate surface area is 121 Å². The molecule has 0 aliphatic heterocycles. The molecule has 4 heteroatoms. The molecule has 0 radical (unpaired) electrons. The Morgan fingerprint density at radius 2 is 2.00 bits per heavy atom. The van der Waals surface area contributed by atoms with Gasteiger partial charge in [0.2, 0.25) is 5.91 Å². The van der Waals surface area contributed by atoms with Crippen LogP contribution in [0.2, 0.25) is 0 Å². The van der Waals surface area contributed by atoms with Gasteiger partial charge in [-0.1, -0.05) is 19.1 Å². The molecule has 0 fully saturated rings. The summed E-state index contributed by atoms with van der Waals surface area (Å²) in [5, 5.41) is 11.6. The highest BCUT2D eigenvalue weighted by atomic mass is 16.3. The van der Waals surface area contributed by atoms with Gasteiger partial charge in [0.05, 0.1) is 0 Å². The molecular formula is C16H24N2O2. The number of hydrogen-bond donors (Lipinski definition) is 2. The fraction of sp³-hybridized carbons (Fsp3) is 0.438. The molecule has 0 aliphatic rings. The molecule has 1 rings (SSSR count). The summed E-state index contributed by atoms with van der Waals surface area (Å²) >= 11 is 0. The molecule has 0 aromatic heterocycles. The molecule has 1 aromatic carbocycles. The topological polar surface area (TPSA) is 52.6 Å². The zero-order valence-electron chi connectivity index (χ0n) is 12.5. The summed E-state index contributed by atoms with van der Waals surface area (Å²) in [4.78, 5) is 13.7. The van der Waals surface area contributed by atoms with Crippen LogP contribution >= 0.6 is 0 Å². The Hall–Kier alpha value is -1.81. The summed E-state index contributed by atoms with van der Waals surface area (Å²) in [6, 6.07) is 7.99. The van der Waals surface area contributed by atoms with Crippen molar-refractivity contribution in [2.45, 2.75) is 13.3 Å². The Morgan fingerprint density at radius 3 is 2.55 bits per heavy atom. The second kappa shape index (κ2) is 8.38. The summed E-state index contributed by atoms with van der Waals surface area (Å²) in [7, 11) is 3.98. The fourth-order valence-corrected chi connectivity index (χ4v) is 1.71. The van der Waals surface area contributed by atoms with E-state index in [4.69, 9.17) is 5.11 Å². The molecule has 1 atom stereocenters. The van der Waals surface area contributed by atoms with E-state index in [1.165, 1.54) is 6.08 Å². The van der Waals surface area contributed by atoms with Gasteiger partial charge >= 0.3 is 0 Å².